The van der Waals surface area contributed by atoms with Crippen LogP contribution in [-0.4, -0.2) is 68.9 Å². The number of ether oxygens (including phenoxy) is 3. The van der Waals surface area contributed by atoms with E-state index < -0.39 is 17.2 Å². The Labute approximate surface area is 202 Å². The van der Waals surface area contributed by atoms with Gasteiger partial charge in [-0.15, -0.1) is 0 Å². The summed E-state index contributed by atoms with van der Waals surface area (Å²) in [6.45, 7) is 0.711. The maximum atomic E-state index is 12.7. The third-order valence-corrected chi connectivity index (χ3v) is 5.80. The molecule has 12 heteroatoms. The molecule has 2 rings (SSSR count). The standard InChI is InChI=1S/C22H30N4O7S/c1-31-15-11-14(12-16(32-2)19(15)33-3)13-17-20(28)26(22(30)34-17)10-9-24-18(27)7-5-4-6-8-25-21(23)29/h11-13H,4-10H2,1-3H3,(H,24,27)(H3,23,25,29)/b17-13+. The predicted molar refractivity (Wildman–Crippen MR) is 128 cm³/mol. The lowest BCUT2D eigenvalue weighted by atomic mass is 10.1. The van der Waals surface area contributed by atoms with Crippen LogP contribution in [0.25, 0.3) is 6.08 Å². The average Bonchev–Trinajstić information content (AvgIpc) is 3.07. The molecule has 0 atom stereocenters. The first kappa shape index (κ1) is 26.8. The zero-order valence-electron chi connectivity index (χ0n) is 19.5. The number of nitrogens with two attached hydrogens (primary N) is 1. The summed E-state index contributed by atoms with van der Waals surface area (Å²) in [5.74, 6) is 0.689. The summed E-state index contributed by atoms with van der Waals surface area (Å²) in [7, 11) is 4.48. The van der Waals surface area contributed by atoms with E-state index in [0.29, 0.717) is 42.2 Å². The molecule has 5 amide bonds. The number of amides is 5. The fourth-order valence-electron chi connectivity index (χ4n) is 3.22. The van der Waals surface area contributed by atoms with Gasteiger partial charge in [-0.2, -0.15) is 0 Å². The number of unbranched alkanes of at least 4 members (excludes halogenated alkanes) is 2. The molecule has 1 fully saturated rings. The van der Waals surface area contributed by atoms with Crippen molar-refractivity contribution in [2.24, 2.45) is 5.73 Å². The Morgan fingerprint density at radius 1 is 1.00 bits per heavy atom. The molecule has 1 aromatic rings. The van der Waals surface area contributed by atoms with Crippen molar-refractivity contribution < 1.29 is 33.4 Å². The number of nitrogens with zero attached hydrogens (tertiary/aromatic N) is 1. The molecule has 0 bridgehead atoms. The van der Waals surface area contributed by atoms with Crippen LogP contribution in [0.2, 0.25) is 0 Å². The van der Waals surface area contributed by atoms with Gasteiger partial charge in [0.05, 0.1) is 26.2 Å². The molecule has 1 aromatic carbocycles. The Hall–Kier alpha value is -3.41. The van der Waals surface area contributed by atoms with Crippen molar-refractivity contribution in [2.75, 3.05) is 41.0 Å². The average molecular weight is 495 g/mol. The molecule has 1 aliphatic heterocycles. The first-order valence-corrected chi connectivity index (χ1v) is 11.5. The van der Waals surface area contributed by atoms with Gasteiger partial charge >= 0.3 is 6.03 Å². The van der Waals surface area contributed by atoms with Crippen molar-refractivity contribution in [2.45, 2.75) is 25.7 Å². The first-order chi connectivity index (χ1) is 16.3. The number of benzene rings is 1. The van der Waals surface area contributed by atoms with Crippen LogP contribution in [0, 0.1) is 0 Å². The second-order valence-electron chi connectivity index (χ2n) is 7.24. The van der Waals surface area contributed by atoms with E-state index in [1.165, 1.54) is 21.3 Å². The van der Waals surface area contributed by atoms with Gasteiger partial charge in [0.1, 0.15) is 0 Å². The van der Waals surface area contributed by atoms with E-state index in [9.17, 15) is 19.2 Å². The molecule has 0 saturated carbocycles. The second-order valence-corrected chi connectivity index (χ2v) is 8.24. The Morgan fingerprint density at radius 3 is 2.26 bits per heavy atom. The number of carbonyl (C=O) groups is 4. The number of thioether (sulfide) groups is 1. The van der Waals surface area contributed by atoms with Crippen LogP contribution < -0.4 is 30.6 Å². The summed E-state index contributed by atoms with van der Waals surface area (Å²) in [4.78, 5) is 49.0. The molecule has 186 valence electrons. The van der Waals surface area contributed by atoms with Crippen molar-refractivity contribution in [3.63, 3.8) is 0 Å². The number of carbonyl (C=O) groups excluding carboxylic acids is 4. The lowest BCUT2D eigenvalue weighted by Crippen LogP contribution is -2.37. The molecule has 0 radical (unpaired) electrons. The summed E-state index contributed by atoms with van der Waals surface area (Å²) in [6.07, 6.45) is 4.06. The maximum absolute atomic E-state index is 12.7. The van der Waals surface area contributed by atoms with Gasteiger partial charge in [0, 0.05) is 26.1 Å². The molecule has 1 aliphatic rings. The molecular weight excluding hydrogens is 464 g/mol. The lowest BCUT2D eigenvalue weighted by Gasteiger charge is -2.13. The monoisotopic (exact) mass is 494 g/mol. The lowest BCUT2D eigenvalue weighted by molar-refractivity contribution is -0.124. The predicted octanol–water partition coefficient (Wildman–Crippen LogP) is 2.09. The van der Waals surface area contributed by atoms with Crippen LogP contribution in [0.4, 0.5) is 9.59 Å². The Bertz CT molecular complexity index is 926. The van der Waals surface area contributed by atoms with Gasteiger partial charge in [-0.1, -0.05) is 6.42 Å². The van der Waals surface area contributed by atoms with E-state index in [0.717, 1.165) is 29.5 Å². The molecule has 34 heavy (non-hydrogen) atoms. The van der Waals surface area contributed by atoms with Gasteiger partial charge in [-0.3, -0.25) is 19.3 Å². The molecule has 0 aromatic heterocycles. The third-order valence-electron chi connectivity index (χ3n) is 4.90. The summed E-state index contributed by atoms with van der Waals surface area (Å²) >= 11 is 0.830. The summed E-state index contributed by atoms with van der Waals surface area (Å²) in [5.41, 5.74) is 5.59. The van der Waals surface area contributed by atoms with Gasteiger partial charge < -0.3 is 30.6 Å². The van der Waals surface area contributed by atoms with Crippen molar-refractivity contribution in [1.82, 2.24) is 15.5 Å². The molecular formula is C22H30N4O7S. The zero-order chi connectivity index (χ0) is 25.1. The minimum Gasteiger partial charge on any atom is -0.493 e. The minimum atomic E-state index is -0.566. The molecule has 1 heterocycles. The van der Waals surface area contributed by atoms with Crippen LogP contribution in [0.15, 0.2) is 17.0 Å². The van der Waals surface area contributed by atoms with Crippen LogP contribution in [0.5, 0.6) is 17.2 Å². The zero-order valence-corrected chi connectivity index (χ0v) is 20.3. The van der Waals surface area contributed by atoms with E-state index in [1.807, 2.05) is 0 Å². The van der Waals surface area contributed by atoms with E-state index in [1.54, 1.807) is 18.2 Å². The van der Waals surface area contributed by atoms with E-state index >= 15 is 0 Å². The summed E-state index contributed by atoms with van der Waals surface area (Å²) < 4.78 is 15.9. The number of hydrogen-bond acceptors (Lipinski definition) is 8. The van der Waals surface area contributed by atoms with Crippen LogP contribution >= 0.6 is 11.8 Å². The quantitative estimate of drug-likeness (QED) is 0.279. The SMILES string of the molecule is COc1cc(/C=C2/SC(=O)N(CCNC(=O)CCCCCNC(N)=O)C2=O)cc(OC)c1OC. The largest absolute Gasteiger partial charge is 0.493 e. The highest BCUT2D eigenvalue weighted by Gasteiger charge is 2.34. The molecule has 11 nitrogen and oxygen atoms in total. The van der Waals surface area contributed by atoms with Crippen molar-refractivity contribution in [3.05, 3.63) is 22.6 Å². The fourth-order valence-corrected chi connectivity index (χ4v) is 4.09. The smallest absolute Gasteiger partial charge is 0.312 e. The summed E-state index contributed by atoms with van der Waals surface area (Å²) in [6, 6.07) is 2.79. The molecule has 4 N–H and O–H groups in total. The number of hydrogen-bond donors (Lipinski definition) is 3. The topological polar surface area (TPSA) is 149 Å². The summed E-state index contributed by atoms with van der Waals surface area (Å²) in [5, 5.41) is 4.80. The minimum absolute atomic E-state index is 0.0749. The van der Waals surface area contributed by atoms with E-state index in [-0.39, 0.29) is 23.9 Å². The number of primary amides is 1. The van der Waals surface area contributed by atoms with Gasteiger partial charge in [0.25, 0.3) is 11.1 Å². The molecule has 1 saturated heterocycles. The highest BCUT2D eigenvalue weighted by molar-refractivity contribution is 8.18. The van der Waals surface area contributed by atoms with Crippen molar-refractivity contribution in [1.29, 1.82) is 0 Å². The Kier molecular flexibility index (Phi) is 10.5. The van der Waals surface area contributed by atoms with Crippen LogP contribution in [0.1, 0.15) is 31.2 Å². The Morgan fingerprint density at radius 2 is 1.68 bits per heavy atom. The fraction of sp³-hybridized carbons (Fsp3) is 0.455. The van der Waals surface area contributed by atoms with E-state index in [2.05, 4.69) is 10.6 Å². The van der Waals surface area contributed by atoms with Gasteiger partial charge in [-0.05, 0) is 48.4 Å². The molecule has 0 unspecified atom stereocenters. The number of imide groups is 1. The van der Waals surface area contributed by atoms with Gasteiger partial charge in [0.15, 0.2) is 11.5 Å². The first-order valence-electron chi connectivity index (χ1n) is 10.7. The van der Waals surface area contributed by atoms with E-state index in [4.69, 9.17) is 19.9 Å². The van der Waals surface area contributed by atoms with Crippen molar-refractivity contribution in [3.8, 4) is 17.2 Å². The molecule has 0 aliphatic carbocycles. The second kappa shape index (κ2) is 13.3. The number of nitrogens with one attached hydrogen (secondary N) is 2. The number of rotatable bonds is 13. The highest BCUT2D eigenvalue weighted by atomic mass is 32.2. The number of methoxy groups -OCH3 is 3. The van der Waals surface area contributed by atoms with Gasteiger partial charge in [0.2, 0.25) is 11.7 Å². The maximum Gasteiger partial charge on any atom is 0.312 e. The van der Waals surface area contributed by atoms with Gasteiger partial charge in [-0.25, -0.2) is 4.79 Å². The molecule has 0 spiro atoms. The van der Waals surface area contributed by atoms with Crippen molar-refractivity contribution >= 4 is 40.9 Å². The highest BCUT2D eigenvalue weighted by Crippen LogP contribution is 2.40. The van der Waals surface area contributed by atoms with Crippen LogP contribution in [0.3, 0.4) is 0 Å². The third kappa shape index (κ3) is 7.58. The Balaban J connectivity index is 1.87. The van der Waals surface area contributed by atoms with Crippen LogP contribution in [-0.2, 0) is 9.59 Å². The number of urea groups is 1. The normalized spacial score (nSPS) is 14.3.